The fourth-order valence-corrected chi connectivity index (χ4v) is 4.90. The van der Waals surface area contributed by atoms with Crippen LogP contribution in [0.5, 0.6) is 0 Å². The number of amides is 1. The van der Waals surface area contributed by atoms with Crippen LogP contribution in [0.3, 0.4) is 0 Å². The van der Waals surface area contributed by atoms with Crippen molar-refractivity contribution in [2.45, 2.75) is 116 Å². The van der Waals surface area contributed by atoms with Crippen LogP contribution in [0.15, 0.2) is 0 Å². The Balaban J connectivity index is 3.87. The van der Waals surface area contributed by atoms with Crippen molar-refractivity contribution >= 4 is 13.9 Å². The van der Waals surface area contributed by atoms with Crippen LogP contribution in [0.4, 0.5) is 4.79 Å². The molecule has 0 radical (unpaired) electrons. The second-order valence-corrected chi connectivity index (χ2v) is 12.7. The zero-order valence-corrected chi connectivity index (χ0v) is 26.1. The number of carbonyl (C=O) groups is 1. The molecule has 0 bridgehead atoms. The van der Waals surface area contributed by atoms with Gasteiger partial charge < -0.3 is 24.2 Å². The van der Waals surface area contributed by atoms with Crippen molar-refractivity contribution in [1.29, 1.82) is 0 Å². The molecular formula is C28H60N2O7P+. The summed E-state index contributed by atoms with van der Waals surface area (Å²) < 4.78 is 33.5. The van der Waals surface area contributed by atoms with E-state index in [0.29, 0.717) is 17.6 Å². The lowest BCUT2D eigenvalue weighted by Gasteiger charge is -2.25. The Hall–Kier alpha value is -0.700. The van der Waals surface area contributed by atoms with Crippen LogP contribution in [0.2, 0.25) is 0 Å². The summed E-state index contributed by atoms with van der Waals surface area (Å²) in [6, 6.07) is 0. The summed E-state index contributed by atoms with van der Waals surface area (Å²) >= 11 is 0. The van der Waals surface area contributed by atoms with Crippen molar-refractivity contribution in [3.8, 4) is 0 Å². The number of hydrogen-bond donors (Lipinski definition) is 2. The van der Waals surface area contributed by atoms with Crippen LogP contribution in [0, 0.1) is 0 Å². The van der Waals surface area contributed by atoms with Crippen LogP contribution in [-0.2, 0) is 23.1 Å². The van der Waals surface area contributed by atoms with Gasteiger partial charge in [0, 0.05) is 6.61 Å². The summed E-state index contributed by atoms with van der Waals surface area (Å²) in [5.74, 6) is 0. The zero-order chi connectivity index (χ0) is 28.5. The predicted molar refractivity (Wildman–Crippen MR) is 154 cm³/mol. The van der Waals surface area contributed by atoms with Crippen LogP contribution in [0.25, 0.3) is 0 Å². The van der Waals surface area contributed by atoms with Gasteiger partial charge in [0.05, 0.1) is 41.4 Å². The molecule has 0 spiro atoms. The number of unbranched alkanes of at least 4 members (excludes halogenated alkanes) is 15. The van der Waals surface area contributed by atoms with E-state index in [4.69, 9.17) is 13.8 Å². The molecule has 0 rings (SSSR count). The largest absolute Gasteiger partial charge is 0.472 e. The Morgan fingerprint density at radius 3 is 1.74 bits per heavy atom. The molecule has 228 valence electrons. The molecule has 0 saturated carbocycles. The monoisotopic (exact) mass is 567 g/mol. The maximum Gasteiger partial charge on any atom is 0.472 e. The maximum atomic E-state index is 12.3. The first-order valence-corrected chi connectivity index (χ1v) is 16.4. The zero-order valence-electron chi connectivity index (χ0n) is 25.2. The van der Waals surface area contributed by atoms with E-state index in [9.17, 15) is 14.3 Å². The van der Waals surface area contributed by atoms with Crippen molar-refractivity contribution < 1.29 is 37.3 Å². The van der Waals surface area contributed by atoms with Gasteiger partial charge in [0.1, 0.15) is 19.3 Å². The second-order valence-electron chi connectivity index (χ2n) is 11.3. The van der Waals surface area contributed by atoms with Gasteiger partial charge in [-0.15, -0.1) is 0 Å². The average molecular weight is 568 g/mol. The van der Waals surface area contributed by atoms with E-state index in [1.54, 1.807) is 0 Å². The lowest BCUT2D eigenvalue weighted by Crippen LogP contribution is -2.38. The van der Waals surface area contributed by atoms with Gasteiger partial charge >= 0.3 is 13.9 Å². The lowest BCUT2D eigenvalue weighted by molar-refractivity contribution is -0.870. The van der Waals surface area contributed by atoms with Crippen LogP contribution >= 0.6 is 7.82 Å². The second kappa shape index (κ2) is 24.1. The summed E-state index contributed by atoms with van der Waals surface area (Å²) in [5.41, 5.74) is 0. The predicted octanol–water partition coefficient (Wildman–Crippen LogP) is 6.83. The molecule has 0 aliphatic rings. The number of nitrogens with zero attached hydrogens (tertiary/aromatic N) is 1. The molecule has 0 fully saturated rings. The van der Waals surface area contributed by atoms with Crippen LogP contribution < -0.4 is 5.32 Å². The molecule has 9 nitrogen and oxygen atoms in total. The number of carbonyl (C=O) groups excluding carboxylic acids is 1. The van der Waals surface area contributed by atoms with E-state index in [2.05, 4.69) is 17.0 Å². The van der Waals surface area contributed by atoms with E-state index < -0.39 is 20.0 Å². The number of hydrogen-bond acceptors (Lipinski definition) is 6. The molecule has 0 aromatic heterocycles. The molecule has 0 aromatic carbocycles. The molecule has 0 heterocycles. The summed E-state index contributed by atoms with van der Waals surface area (Å²) in [6.07, 6.45) is 19.5. The normalized spacial score (nSPS) is 14.3. The Kier molecular flexibility index (Phi) is 23.7. The molecule has 2 unspecified atom stereocenters. The van der Waals surface area contributed by atoms with Crippen LogP contribution in [0.1, 0.15) is 110 Å². The van der Waals surface area contributed by atoms with Crippen molar-refractivity contribution in [2.24, 2.45) is 0 Å². The molecule has 2 N–H and O–H groups in total. The number of quaternary nitrogens is 1. The smallest absolute Gasteiger partial charge is 0.453 e. The van der Waals surface area contributed by atoms with Crippen molar-refractivity contribution in [3.05, 3.63) is 0 Å². The van der Waals surface area contributed by atoms with Crippen molar-refractivity contribution in [2.75, 3.05) is 61.2 Å². The molecule has 10 heteroatoms. The molecule has 38 heavy (non-hydrogen) atoms. The van der Waals surface area contributed by atoms with Gasteiger partial charge in [0.15, 0.2) is 0 Å². The number of ether oxygens (including phenoxy) is 2. The van der Waals surface area contributed by atoms with Gasteiger partial charge in [-0.1, -0.05) is 103 Å². The van der Waals surface area contributed by atoms with E-state index in [1.807, 2.05) is 21.1 Å². The third-order valence-corrected chi connectivity index (χ3v) is 7.48. The quantitative estimate of drug-likeness (QED) is 0.0637. The Morgan fingerprint density at radius 1 is 0.816 bits per heavy atom. The third kappa shape index (κ3) is 26.9. The number of phosphoric ester groups is 1. The topological polar surface area (TPSA) is 103 Å². The lowest BCUT2D eigenvalue weighted by atomic mass is 10.0. The van der Waals surface area contributed by atoms with E-state index in [-0.39, 0.29) is 19.8 Å². The highest BCUT2D eigenvalue weighted by atomic mass is 31.2. The van der Waals surface area contributed by atoms with E-state index >= 15 is 0 Å². The minimum atomic E-state index is -4.28. The van der Waals surface area contributed by atoms with Crippen molar-refractivity contribution in [1.82, 2.24) is 5.32 Å². The number of rotatable bonds is 27. The van der Waals surface area contributed by atoms with Gasteiger partial charge in [0.25, 0.3) is 0 Å². The molecule has 1 amide bonds. The van der Waals surface area contributed by atoms with Gasteiger partial charge in [0.2, 0.25) is 0 Å². The maximum absolute atomic E-state index is 12.3. The number of alkyl carbamates (subject to hydrolysis) is 1. The molecule has 2 atom stereocenters. The first kappa shape index (κ1) is 37.3. The number of phosphoric acid groups is 1. The van der Waals surface area contributed by atoms with Gasteiger partial charge in [-0.3, -0.25) is 9.05 Å². The van der Waals surface area contributed by atoms with Crippen LogP contribution in [-0.4, -0.2) is 82.7 Å². The summed E-state index contributed by atoms with van der Waals surface area (Å²) in [6.45, 7) is 3.49. The Bertz CT molecular complexity index is 602. The number of likely N-dealkylation sites (N-methyl/N-ethyl adjacent to an activating group) is 1. The Labute approximate surface area is 233 Å². The van der Waals surface area contributed by atoms with Gasteiger partial charge in [-0.25, -0.2) is 9.36 Å². The summed E-state index contributed by atoms with van der Waals surface area (Å²) in [4.78, 5) is 21.5. The molecule has 0 aromatic rings. The minimum absolute atomic E-state index is 0.0190. The standard InChI is InChI=1S/C28H59N2O7P/c1-6-7-8-9-10-11-12-13-14-15-16-17-18-19-20-21-23-35-26-27(25-29-28(31)34-5)37-38(32,33)36-24-22-30(2,3)4/h27H,6-26H2,1-5H3,(H-,29,31,32,33)/p+1. The van der Waals surface area contributed by atoms with E-state index in [1.165, 1.54) is 97.0 Å². The van der Waals surface area contributed by atoms with Gasteiger partial charge in [-0.2, -0.15) is 0 Å². The molecule has 0 aliphatic carbocycles. The van der Waals surface area contributed by atoms with Crippen molar-refractivity contribution in [3.63, 3.8) is 0 Å². The van der Waals surface area contributed by atoms with Gasteiger partial charge in [-0.05, 0) is 6.42 Å². The average Bonchev–Trinajstić information content (AvgIpc) is 2.85. The molecule has 0 aliphatic heterocycles. The highest BCUT2D eigenvalue weighted by Crippen LogP contribution is 2.44. The highest BCUT2D eigenvalue weighted by molar-refractivity contribution is 7.47. The summed E-state index contributed by atoms with van der Waals surface area (Å²) in [5, 5.41) is 2.49. The highest BCUT2D eigenvalue weighted by Gasteiger charge is 2.28. The minimum Gasteiger partial charge on any atom is -0.453 e. The molecular weight excluding hydrogens is 507 g/mol. The number of nitrogens with one attached hydrogen (secondary N) is 1. The third-order valence-electron chi connectivity index (χ3n) is 6.40. The summed E-state index contributed by atoms with van der Waals surface area (Å²) in [7, 11) is 2.86. The first-order valence-electron chi connectivity index (χ1n) is 15.0. The SMILES string of the molecule is CCCCCCCCCCCCCCCCCCOCC(CNC(=O)OC)OP(=O)(O)OCC[N+](C)(C)C. The first-order chi connectivity index (χ1) is 18.1. The fourth-order valence-electron chi connectivity index (χ4n) is 4.01. The Morgan fingerprint density at radius 2 is 1.29 bits per heavy atom. The number of methoxy groups -OCH3 is 1. The fraction of sp³-hybridized carbons (Fsp3) is 0.964. The van der Waals surface area contributed by atoms with E-state index in [0.717, 1.165) is 12.8 Å². The molecule has 0 saturated heterocycles.